The van der Waals surface area contributed by atoms with E-state index in [4.69, 9.17) is 0 Å². The molecule has 0 unspecified atom stereocenters. The summed E-state index contributed by atoms with van der Waals surface area (Å²) in [7, 11) is 0. The van der Waals surface area contributed by atoms with Crippen LogP contribution in [0.4, 0.5) is 0 Å². The summed E-state index contributed by atoms with van der Waals surface area (Å²) in [6.07, 6.45) is 3.50. The lowest BCUT2D eigenvalue weighted by atomic mass is 9.99. The van der Waals surface area contributed by atoms with Gasteiger partial charge in [-0.15, -0.1) is 0 Å². The molecule has 0 saturated carbocycles. The lowest BCUT2D eigenvalue weighted by molar-refractivity contribution is 0.849. The molecule has 16 heavy (non-hydrogen) atoms. The molecular weight excluding hydrogens is 264 g/mol. The smallest absolute Gasteiger partial charge is 0.116 e. The van der Waals surface area contributed by atoms with E-state index in [1.807, 2.05) is 18.3 Å². The number of halogens is 1. The van der Waals surface area contributed by atoms with Gasteiger partial charge in [0.05, 0.1) is 5.69 Å². The molecule has 0 bridgehead atoms. The maximum Gasteiger partial charge on any atom is 0.116 e. The van der Waals surface area contributed by atoms with Crippen molar-refractivity contribution in [2.24, 2.45) is 0 Å². The standard InChI is InChI=1S/C13H13BrN2/c1-9(2)12-7-15-8-16-13(12)10-4-3-5-11(14)6-10/h3-9H,1-2H3. The zero-order valence-electron chi connectivity index (χ0n) is 9.31. The Morgan fingerprint density at radius 2 is 2.06 bits per heavy atom. The molecule has 0 fully saturated rings. The van der Waals surface area contributed by atoms with Gasteiger partial charge in [-0.05, 0) is 23.6 Å². The van der Waals surface area contributed by atoms with Gasteiger partial charge >= 0.3 is 0 Å². The van der Waals surface area contributed by atoms with E-state index in [2.05, 4.69) is 51.9 Å². The highest BCUT2D eigenvalue weighted by atomic mass is 79.9. The SMILES string of the molecule is CC(C)c1cncnc1-c1cccc(Br)c1. The highest BCUT2D eigenvalue weighted by molar-refractivity contribution is 9.10. The number of hydrogen-bond donors (Lipinski definition) is 0. The Morgan fingerprint density at radius 3 is 2.75 bits per heavy atom. The van der Waals surface area contributed by atoms with Gasteiger partial charge in [0.2, 0.25) is 0 Å². The maximum atomic E-state index is 4.38. The van der Waals surface area contributed by atoms with Crippen LogP contribution in [-0.2, 0) is 0 Å². The highest BCUT2D eigenvalue weighted by Crippen LogP contribution is 2.27. The van der Waals surface area contributed by atoms with Crippen LogP contribution >= 0.6 is 15.9 Å². The predicted octanol–water partition coefficient (Wildman–Crippen LogP) is 4.03. The first kappa shape index (κ1) is 11.3. The first-order chi connectivity index (χ1) is 7.68. The van der Waals surface area contributed by atoms with Gasteiger partial charge in [-0.3, -0.25) is 0 Å². The molecule has 82 valence electrons. The van der Waals surface area contributed by atoms with Gasteiger partial charge < -0.3 is 0 Å². The van der Waals surface area contributed by atoms with Gasteiger partial charge in [0, 0.05) is 16.2 Å². The van der Waals surface area contributed by atoms with Crippen LogP contribution in [0.2, 0.25) is 0 Å². The summed E-state index contributed by atoms with van der Waals surface area (Å²) in [5.41, 5.74) is 3.33. The van der Waals surface area contributed by atoms with Crippen molar-refractivity contribution in [2.45, 2.75) is 19.8 Å². The van der Waals surface area contributed by atoms with Crippen LogP contribution in [0.5, 0.6) is 0 Å². The molecule has 1 aromatic carbocycles. The van der Waals surface area contributed by atoms with Crippen molar-refractivity contribution in [3.05, 3.63) is 46.8 Å². The lowest BCUT2D eigenvalue weighted by Gasteiger charge is -2.10. The van der Waals surface area contributed by atoms with Crippen molar-refractivity contribution >= 4 is 15.9 Å². The van der Waals surface area contributed by atoms with Gasteiger partial charge in [0.25, 0.3) is 0 Å². The second kappa shape index (κ2) is 4.74. The average molecular weight is 277 g/mol. The van der Waals surface area contributed by atoms with Crippen molar-refractivity contribution in [3.8, 4) is 11.3 Å². The molecule has 0 saturated heterocycles. The zero-order chi connectivity index (χ0) is 11.5. The fourth-order valence-corrected chi connectivity index (χ4v) is 2.04. The van der Waals surface area contributed by atoms with Crippen molar-refractivity contribution < 1.29 is 0 Å². The van der Waals surface area contributed by atoms with Crippen LogP contribution in [-0.4, -0.2) is 9.97 Å². The minimum atomic E-state index is 0.426. The Kier molecular flexibility index (Phi) is 3.34. The predicted molar refractivity (Wildman–Crippen MR) is 69.3 cm³/mol. The Bertz CT molecular complexity index is 495. The molecule has 1 heterocycles. The van der Waals surface area contributed by atoms with Crippen molar-refractivity contribution in [1.29, 1.82) is 0 Å². The Labute approximate surface area is 104 Å². The first-order valence-corrected chi connectivity index (χ1v) is 6.03. The Balaban J connectivity index is 2.55. The Hall–Kier alpha value is -1.22. The number of nitrogens with zero attached hydrogens (tertiary/aromatic N) is 2. The normalized spacial score (nSPS) is 10.8. The average Bonchev–Trinajstić information content (AvgIpc) is 2.29. The van der Waals surface area contributed by atoms with Crippen LogP contribution in [0.3, 0.4) is 0 Å². The molecule has 2 nitrogen and oxygen atoms in total. The quantitative estimate of drug-likeness (QED) is 0.828. The molecule has 0 aliphatic carbocycles. The van der Waals surface area contributed by atoms with E-state index < -0.39 is 0 Å². The summed E-state index contributed by atoms with van der Waals surface area (Å²) < 4.78 is 1.07. The summed E-state index contributed by atoms with van der Waals surface area (Å²) >= 11 is 3.48. The van der Waals surface area contributed by atoms with E-state index in [0.717, 1.165) is 15.7 Å². The van der Waals surface area contributed by atoms with Crippen LogP contribution in [0.15, 0.2) is 41.3 Å². The van der Waals surface area contributed by atoms with E-state index in [-0.39, 0.29) is 0 Å². The highest BCUT2D eigenvalue weighted by Gasteiger charge is 2.09. The van der Waals surface area contributed by atoms with Crippen LogP contribution in [0.25, 0.3) is 11.3 Å². The van der Waals surface area contributed by atoms with E-state index >= 15 is 0 Å². The largest absolute Gasteiger partial charge is 0.244 e. The van der Waals surface area contributed by atoms with E-state index in [9.17, 15) is 0 Å². The summed E-state index contributed by atoms with van der Waals surface area (Å²) in [6.45, 7) is 4.31. The summed E-state index contributed by atoms with van der Waals surface area (Å²) in [5, 5.41) is 0. The molecule has 2 aromatic rings. The zero-order valence-corrected chi connectivity index (χ0v) is 10.9. The van der Waals surface area contributed by atoms with Gasteiger partial charge in [0.1, 0.15) is 6.33 Å². The topological polar surface area (TPSA) is 25.8 Å². The van der Waals surface area contributed by atoms with Crippen molar-refractivity contribution in [2.75, 3.05) is 0 Å². The molecule has 0 amide bonds. The Morgan fingerprint density at radius 1 is 1.25 bits per heavy atom. The van der Waals surface area contributed by atoms with Crippen LogP contribution < -0.4 is 0 Å². The second-order valence-electron chi connectivity index (χ2n) is 3.99. The second-order valence-corrected chi connectivity index (χ2v) is 4.91. The molecule has 0 spiro atoms. The van der Waals surface area contributed by atoms with Gasteiger partial charge in [-0.1, -0.05) is 41.9 Å². The first-order valence-electron chi connectivity index (χ1n) is 5.24. The molecule has 0 radical (unpaired) electrons. The summed E-state index contributed by atoms with van der Waals surface area (Å²) in [5.74, 6) is 0.426. The summed E-state index contributed by atoms with van der Waals surface area (Å²) in [6, 6.07) is 8.18. The van der Waals surface area contributed by atoms with E-state index in [0.29, 0.717) is 5.92 Å². The fraction of sp³-hybridized carbons (Fsp3) is 0.231. The van der Waals surface area contributed by atoms with E-state index in [1.165, 1.54) is 5.56 Å². The summed E-state index contributed by atoms with van der Waals surface area (Å²) in [4.78, 5) is 8.47. The number of aromatic nitrogens is 2. The van der Waals surface area contributed by atoms with Gasteiger partial charge in [-0.2, -0.15) is 0 Å². The molecule has 2 rings (SSSR count). The minimum absolute atomic E-state index is 0.426. The van der Waals surface area contributed by atoms with Crippen LogP contribution in [0.1, 0.15) is 25.3 Å². The fourth-order valence-electron chi connectivity index (χ4n) is 1.64. The van der Waals surface area contributed by atoms with Crippen molar-refractivity contribution in [1.82, 2.24) is 9.97 Å². The molecule has 0 aliphatic rings. The van der Waals surface area contributed by atoms with Gasteiger partial charge in [0.15, 0.2) is 0 Å². The third-order valence-electron chi connectivity index (χ3n) is 2.46. The monoisotopic (exact) mass is 276 g/mol. The molecular formula is C13H13BrN2. The van der Waals surface area contributed by atoms with Crippen LogP contribution in [0, 0.1) is 0 Å². The number of hydrogen-bond acceptors (Lipinski definition) is 2. The molecule has 0 N–H and O–H groups in total. The third kappa shape index (κ3) is 2.30. The minimum Gasteiger partial charge on any atom is -0.244 e. The molecule has 1 aromatic heterocycles. The van der Waals surface area contributed by atoms with E-state index in [1.54, 1.807) is 6.33 Å². The van der Waals surface area contributed by atoms with Gasteiger partial charge in [-0.25, -0.2) is 9.97 Å². The number of rotatable bonds is 2. The molecule has 3 heteroatoms. The molecule has 0 aliphatic heterocycles. The lowest BCUT2D eigenvalue weighted by Crippen LogP contribution is -1.96. The maximum absolute atomic E-state index is 4.38. The third-order valence-corrected chi connectivity index (χ3v) is 2.95. The molecule has 0 atom stereocenters. The number of benzene rings is 1. The van der Waals surface area contributed by atoms with Crippen molar-refractivity contribution in [3.63, 3.8) is 0 Å².